The maximum Gasteiger partial charge on any atom is 0.313 e. The summed E-state index contributed by atoms with van der Waals surface area (Å²) in [5.74, 6) is -3.37. The summed E-state index contributed by atoms with van der Waals surface area (Å²) in [5, 5.41) is 12.7. The number of ether oxygens (including phenoxy) is 2. The summed E-state index contributed by atoms with van der Waals surface area (Å²) in [7, 11) is 0. The molecule has 0 unspecified atom stereocenters. The number of fused-ring (bicyclic) bond motifs is 1. The van der Waals surface area contributed by atoms with E-state index in [0.29, 0.717) is 54.8 Å². The molecular formula is C38H46ClN3O7. The van der Waals surface area contributed by atoms with Crippen LogP contribution in [0.4, 0.5) is 5.69 Å². The van der Waals surface area contributed by atoms with Crippen molar-refractivity contribution < 1.29 is 33.8 Å². The molecule has 11 heteroatoms. The number of rotatable bonds is 17. The van der Waals surface area contributed by atoms with Gasteiger partial charge in [0.1, 0.15) is 17.7 Å². The zero-order valence-corrected chi connectivity index (χ0v) is 28.7. The molecule has 5 rings (SSSR count). The van der Waals surface area contributed by atoms with Gasteiger partial charge in [-0.2, -0.15) is 0 Å². The molecule has 1 spiro atoms. The third-order valence-electron chi connectivity index (χ3n) is 9.87. The van der Waals surface area contributed by atoms with Gasteiger partial charge in [0.2, 0.25) is 11.8 Å². The van der Waals surface area contributed by atoms with Crippen molar-refractivity contribution in [3.8, 4) is 0 Å². The lowest BCUT2D eigenvalue weighted by molar-refractivity contribution is -0.162. The first-order valence-electron chi connectivity index (χ1n) is 17.1. The van der Waals surface area contributed by atoms with Crippen LogP contribution in [-0.2, 0) is 28.7 Å². The fraction of sp³-hybridized carbons (Fsp3) is 0.474. The quantitative estimate of drug-likeness (QED) is 0.134. The summed E-state index contributed by atoms with van der Waals surface area (Å²) < 4.78 is 12.9. The molecule has 3 amide bonds. The predicted octanol–water partition coefficient (Wildman–Crippen LogP) is 5.15. The third-order valence-corrected chi connectivity index (χ3v) is 10.2. The molecule has 3 saturated heterocycles. The molecule has 2 bridgehead atoms. The summed E-state index contributed by atoms with van der Waals surface area (Å²) in [6.07, 6.45) is 5.27. The SMILES string of the molecule is C=CCCC(=O)N[C@@H](C)[C@H](OC(=O)[C@@H]1[C@H]2C(=O)N(CCCCCO)[C@H](C(=O)N(CC=C)c3ccccc3Cl)[C@]23CC[C@H]1O3)c1ccccc1. The number of unbranched alkanes of at least 4 members (excludes halogenated alkanes) is 2. The fourth-order valence-electron chi connectivity index (χ4n) is 7.71. The molecule has 2 aromatic carbocycles. The first kappa shape index (κ1) is 36.3. The van der Waals surface area contributed by atoms with E-state index in [9.17, 15) is 24.3 Å². The molecular weight excluding hydrogens is 646 g/mol. The summed E-state index contributed by atoms with van der Waals surface area (Å²) in [5.41, 5.74) is -0.0605. The highest BCUT2D eigenvalue weighted by molar-refractivity contribution is 6.34. The van der Waals surface area contributed by atoms with E-state index in [1.807, 2.05) is 30.3 Å². The van der Waals surface area contributed by atoms with Gasteiger partial charge in [-0.1, -0.05) is 66.2 Å². The Morgan fingerprint density at radius 2 is 1.86 bits per heavy atom. The summed E-state index contributed by atoms with van der Waals surface area (Å²) in [6, 6.07) is 14.6. The minimum Gasteiger partial charge on any atom is -0.455 e. The zero-order chi connectivity index (χ0) is 35.1. The highest BCUT2D eigenvalue weighted by Gasteiger charge is 2.75. The maximum absolute atomic E-state index is 14.7. The van der Waals surface area contributed by atoms with E-state index in [1.54, 1.807) is 48.2 Å². The summed E-state index contributed by atoms with van der Waals surface area (Å²) in [4.78, 5) is 59.2. The van der Waals surface area contributed by atoms with Crippen LogP contribution in [0.15, 0.2) is 79.9 Å². The van der Waals surface area contributed by atoms with E-state index < -0.39 is 47.7 Å². The maximum atomic E-state index is 14.7. The average Bonchev–Trinajstić information content (AvgIpc) is 3.74. The number of nitrogens with one attached hydrogen (secondary N) is 1. The number of nitrogens with zero attached hydrogens (tertiary/aromatic N) is 2. The van der Waals surface area contributed by atoms with E-state index in [4.69, 9.17) is 21.1 Å². The molecule has 0 aliphatic carbocycles. The number of hydrogen-bond acceptors (Lipinski definition) is 7. The van der Waals surface area contributed by atoms with Crippen LogP contribution in [0.5, 0.6) is 0 Å². The highest BCUT2D eigenvalue weighted by atomic mass is 35.5. The Balaban J connectivity index is 1.47. The Bertz CT molecular complexity index is 1540. The zero-order valence-electron chi connectivity index (χ0n) is 28.0. The molecule has 2 N–H and O–H groups in total. The molecule has 49 heavy (non-hydrogen) atoms. The van der Waals surface area contributed by atoms with Crippen LogP contribution in [0, 0.1) is 11.8 Å². The van der Waals surface area contributed by atoms with Crippen molar-refractivity contribution in [2.24, 2.45) is 11.8 Å². The van der Waals surface area contributed by atoms with E-state index >= 15 is 0 Å². The van der Waals surface area contributed by atoms with Crippen LogP contribution in [0.1, 0.15) is 63.5 Å². The number of hydrogen-bond donors (Lipinski definition) is 2. The minimum atomic E-state index is -1.24. The van der Waals surface area contributed by atoms with E-state index in [-0.39, 0.29) is 43.8 Å². The fourth-order valence-corrected chi connectivity index (χ4v) is 7.94. The largest absolute Gasteiger partial charge is 0.455 e. The van der Waals surface area contributed by atoms with E-state index in [0.717, 1.165) is 0 Å². The van der Waals surface area contributed by atoms with Crippen molar-refractivity contribution in [3.63, 3.8) is 0 Å². The van der Waals surface area contributed by atoms with Gasteiger partial charge in [0.05, 0.1) is 34.7 Å². The first-order chi connectivity index (χ1) is 23.7. The van der Waals surface area contributed by atoms with Crippen molar-refractivity contribution in [2.45, 2.75) is 81.8 Å². The summed E-state index contributed by atoms with van der Waals surface area (Å²) >= 11 is 6.57. The molecule has 3 aliphatic heterocycles. The monoisotopic (exact) mass is 691 g/mol. The van der Waals surface area contributed by atoms with E-state index in [1.165, 1.54) is 4.90 Å². The Morgan fingerprint density at radius 3 is 2.55 bits per heavy atom. The average molecular weight is 692 g/mol. The van der Waals surface area contributed by atoms with Gasteiger partial charge in [0.15, 0.2) is 0 Å². The number of benzene rings is 2. The second-order valence-corrected chi connectivity index (χ2v) is 13.4. The van der Waals surface area contributed by atoms with Gasteiger partial charge in [-0.25, -0.2) is 0 Å². The Labute approximate surface area is 293 Å². The van der Waals surface area contributed by atoms with Crippen molar-refractivity contribution in [1.29, 1.82) is 0 Å². The predicted molar refractivity (Wildman–Crippen MR) is 187 cm³/mol. The molecule has 3 heterocycles. The number of esters is 1. The lowest BCUT2D eigenvalue weighted by Gasteiger charge is -2.37. The molecule has 0 radical (unpaired) electrons. The first-order valence-corrected chi connectivity index (χ1v) is 17.5. The molecule has 0 aromatic heterocycles. The van der Waals surface area contributed by atoms with Gasteiger partial charge in [0.25, 0.3) is 5.91 Å². The Kier molecular flexibility index (Phi) is 12.0. The Hall–Kier alpha value is -3.99. The number of allylic oxidation sites excluding steroid dienone is 1. The standard InChI is InChI=1S/C38H46ClN3O7/c1-4-6-19-30(44)40-25(3)33(26-15-9-7-10-16-26)48-37(47)31-29-20-21-38(49-29)32(31)35(45)42(23-13-8-14-24-43)34(38)36(46)41(22-5-2)28-18-12-11-17-27(28)39/h4-5,7,9-12,15-18,25,29,31-34,43H,1-2,6,8,13-14,19-24H2,3H3,(H,40,44)/t25-,29+,31-,32-,33-,34+,38-/m0/s1. The molecule has 0 saturated carbocycles. The number of aliphatic hydroxyl groups is 1. The number of anilines is 1. The van der Waals surface area contributed by atoms with Gasteiger partial charge in [0, 0.05) is 26.1 Å². The van der Waals surface area contributed by atoms with Crippen LogP contribution in [0.3, 0.4) is 0 Å². The van der Waals surface area contributed by atoms with Gasteiger partial charge >= 0.3 is 5.97 Å². The summed E-state index contributed by atoms with van der Waals surface area (Å²) in [6.45, 7) is 9.74. The van der Waals surface area contributed by atoms with Gasteiger partial charge in [-0.15, -0.1) is 13.2 Å². The lowest BCUT2D eigenvalue weighted by atomic mass is 9.70. The third kappa shape index (κ3) is 7.32. The highest BCUT2D eigenvalue weighted by Crippen LogP contribution is 2.59. The van der Waals surface area contributed by atoms with Crippen LogP contribution >= 0.6 is 11.6 Å². The van der Waals surface area contributed by atoms with Crippen molar-refractivity contribution in [2.75, 3.05) is 24.6 Å². The topological polar surface area (TPSA) is 125 Å². The van der Waals surface area contributed by atoms with Gasteiger partial charge in [-0.3, -0.25) is 19.2 Å². The number of carbonyl (C=O) groups is 4. The second-order valence-electron chi connectivity index (χ2n) is 13.0. The van der Waals surface area contributed by atoms with Gasteiger partial charge < -0.3 is 29.7 Å². The van der Waals surface area contributed by atoms with Gasteiger partial charge in [-0.05, 0) is 63.1 Å². The molecule has 3 fully saturated rings. The lowest BCUT2D eigenvalue weighted by Crippen LogP contribution is -2.56. The molecule has 2 aromatic rings. The van der Waals surface area contributed by atoms with Crippen LogP contribution < -0.4 is 10.2 Å². The Morgan fingerprint density at radius 1 is 1.12 bits per heavy atom. The number of para-hydroxylation sites is 1. The normalized spacial score (nSPS) is 25.0. The number of aliphatic hydroxyl groups excluding tert-OH is 1. The number of halogens is 1. The van der Waals surface area contributed by atoms with E-state index in [2.05, 4.69) is 18.5 Å². The van der Waals surface area contributed by atoms with Crippen molar-refractivity contribution >= 4 is 41.0 Å². The minimum absolute atomic E-state index is 0.0247. The van der Waals surface area contributed by atoms with Crippen LogP contribution in [-0.4, -0.2) is 77.2 Å². The van der Waals surface area contributed by atoms with Crippen LogP contribution in [0.25, 0.3) is 0 Å². The number of likely N-dealkylation sites (tertiary alicyclic amines) is 1. The van der Waals surface area contributed by atoms with Crippen molar-refractivity contribution in [3.05, 3.63) is 90.5 Å². The number of carbonyl (C=O) groups excluding carboxylic acids is 4. The molecule has 10 nitrogen and oxygen atoms in total. The second kappa shape index (κ2) is 16.1. The van der Waals surface area contributed by atoms with Crippen molar-refractivity contribution in [1.82, 2.24) is 10.2 Å². The van der Waals surface area contributed by atoms with Crippen LogP contribution in [0.2, 0.25) is 5.02 Å². The molecule has 262 valence electrons. The molecule has 3 aliphatic rings. The molecule has 7 atom stereocenters. The smallest absolute Gasteiger partial charge is 0.313 e. The number of amides is 3.